The fourth-order valence-electron chi connectivity index (χ4n) is 0.718. The van der Waals surface area contributed by atoms with Crippen LogP contribution < -0.4 is 0 Å². The molecule has 0 saturated heterocycles. The number of halogens is 1. The van der Waals surface area contributed by atoms with Crippen molar-refractivity contribution in [3.63, 3.8) is 0 Å². The molecular weight excluding hydrogens is 226 g/mol. The largest absolute Gasteiger partial charge is 0.460 e. The number of hydrogen-bond acceptors (Lipinski definition) is 3. The first kappa shape index (κ1) is 8.83. The molecule has 0 spiro atoms. The van der Waals surface area contributed by atoms with Gasteiger partial charge in [-0.15, -0.1) is 0 Å². The first-order chi connectivity index (χ1) is 5.66. The van der Waals surface area contributed by atoms with Crippen LogP contribution >= 0.6 is 15.9 Å². The first-order valence-electron chi connectivity index (χ1n) is 3.00. The summed E-state index contributed by atoms with van der Waals surface area (Å²) in [4.78, 5) is 13.4. The summed E-state index contributed by atoms with van der Waals surface area (Å²) in [5, 5.41) is 3.31. The van der Waals surface area contributed by atoms with E-state index in [4.69, 9.17) is 9.95 Å². The van der Waals surface area contributed by atoms with Gasteiger partial charge in [-0.25, -0.2) is 0 Å². The second-order valence-electron chi connectivity index (χ2n) is 2.01. The molecular formula is C6H4BrN3O2. The van der Waals surface area contributed by atoms with Crippen molar-refractivity contribution in [1.29, 1.82) is 0 Å². The third-order valence-electron chi connectivity index (χ3n) is 1.19. The minimum absolute atomic E-state index is 0.0691. The highest BCUT2D eigenvalue weighted by molar-refractivity contribution is 9.10. The van der Waals surface area contributed by atoms with Gasteiger partial charge in [0.1, 0.15) is 12.0 Å². The molecule has 0 atom stereocenters. The number of nitrogens with zero attached hydrogens (tertiary/aromatic N) is 3. The molecule has 12 heavy (non-hydrogen) atoms. The molecule has 0 aliphatic carbocycles. The Labute approximate surface area is 76.1 Å². The van der Waals surface area contributed by atoms with Crippen LogP contribution in [0.2, 0.25) is 0 Å². The normalized spacial score (nSPS) is 9.17. The molecule has 0 fully saturated rings. The quantitative estimate of drug-likeness (QED) is 0.338. The molecule has 0 bridgehead atoms. The lowest BCUT2D eigenvalue weighted by Gasteiger charge is -1.88. The molecule has 0 radical (unpaired) electrons. The predicted octanol–water partition coefficient (Wildman–Crippen LogP) is 3.19. The van der Waals surface area contributed by atoms with Crippen molar-refractivity contribution in [3.8, 4) is 0 Å². The number of hydrogen-bond donors (Lipinski definition) is 0. The second kappa shape index (κ2) is 3.42. The molecule has 0 amide bonds. The molecule has 62 valence electrons. The van der Waals surface area contributed by atoms with E-state index in [0.717, 1.165) is 0 Å². The van der Waals surface area contributed by atoms with Crippen molar-refractivity contribution in [2.75, 3.05) is 0 Å². The van der Waals surface area contributed by atoms with E-state index in [9.17, 15) is 4.79 Å². The van der Waals surface area contributed by atoms with Gasteiger partial charge in [0.25, 0.3) is 0 Å². The Morgan fingerprint density at radius 1 is 1.83 bits per heavy atom. The predicted molar refractivity (Wildman–Crippen MR) is 45.2 cm³/mol. The topological polar surface area (TPSA) is 79.0 Å². The van der Waals surface area contributed by atoms with Crippen LogP contribution in [-0.4, -0.2) is 5.78 Å². The van der Waals surface area contributed by atoms with Gasteiger partial charge in [-0.05, 0) is 21.5 Å². The summed E-state index contributed by atoms with van der Waals surface area (Å²) < 4.78 is 5.33. The van der Waals surface area contributed by atoms with Crippen molar-refractivity contribution in [3.05, 3.63) is 26.9 Å². The van der Waals surface area contributed by atoms with Crippen molar-refractivity contribution in [2.24, 2.45) is 5.11 Å². The van der Waals surface area contributed by atoms with E-state index in [1.54, 1.807) is 0 Å². The molecule has 1 heterocycles. The molecule has 5 nitrogen and oxygen atoms in total. The average molecular weight is 230 g/mol. The number of Topliss-reactive ketones (excluding diaryl/α,β-unsaturated/α-hetero) is 1. The summed E-state index contributed by atoms with van der Waals surface area (Å²) in [5.74, 6) is -0.206. The second-order valence-corrected chi connectivity index (χ2v) is 2.86. The average Bonchev–Trinajstić information content (AvgIpc) is 2.34. The Balaban J connectivity index is 3.30. The molecule has 1 aromatic heterocycles. The van der Waals surface area contributed by atoms with Crippen LogP contribution in [-0.2, 0) is 0 Å². The van der Waals surface area contributed by atoms with Gasteiger partial charge in [0.2, 0.25) is 0 Å². The summed E-state index contributed by atoms with van der Waals surface area (Å²) >= 11 is 3.08. The molecule has 0 aromatic carbocycles. The summed E-state index contributed by atoms with van der Waals surface area (Å²) in [6.07, 6.45) is 1.31. The number of azide groups is 1. The molecule has 0 N–H and O–H groups in total. The molecule has 0 aliphatic heterocycles. The van der Waals surface area contributed by atoms with Gasteiger partial charge in [0.15, 0.2) is 11.5 Å². The smallest absolute Gasteiger partial charge is 0.195 e. The molecule has 1 rings (SSSR count). The third-order valence-corrected chi connectivity index (χ3v) is 1.75. The van der Waals surface area contributed by atoms with Gasteiger partial charge in [-0.2, -0.15) is 0 Å². The van der Waals surface area contributed by atoms with E-state index in [1.807, 2.05) is 0 Å². The fourth-order valence-corrected chi connectivity index (χ4v) is 1.07. The molecule has 1 aromatic rings. The zero-order chi connectivity index (χ0) is 9.14. The van der Waals surface area contributed by atoms with E-state index in [0.29, 0.717) is 4.47 Å². The monoisotopic (exact) mass is 229 g/mol. The van der Waals surface area contributed by atoms with Crippen LogP contribution in [0.3, 0.4) is 0 Å². The van der Waals surface area contributed by atoms with Gasteiger partial charge in [0, 0.05) is 11.8 Å². The molecule has 6 heteroatoms. The summed E-state index contributed by atoms with van der Waals surface area (Å²) in [7, 11) is 0. The van der Waals surface area contributed by atoms with E-state index < -0.39 is 0 Å². The first-order valence-corrected chi connectivity index (χ1v) is 3.79. The highest BCUT2D eigenvalue weighted by atomic mass is 79.9. The van der Waals surface area contributed by atoms with Gasteiger partial charge in [-0.1, -0.05) is 5.11 Å². The van der Waals surface area contributed by atoms with Crippen LogP contribution in [0, 0.1) is 0 Å². The Hall–Kier alpha value is -1.26. The lowest BCUT2D eigenvalue weighted by molar-refractivity contribution is 0.0988. The minimum atomic E-state index is -0.275. The number of furan rings is 1. The summed E-state index contributed by atoms with van der Waals surface area (Å²) in [5.41, 5.74) is 8.35. The lowest BCUT2D eigenvalue weighted by Crippen LogP contribution is -1.87. The van der Waals surface area contributed by atoms with Crippen LogP contribution in [0.4, 0.5) is 5.69 Å². The Kier molecular flexibility index (Phi) is 2.52. The summed E-state index contributed by atoms with van der Waals surface area (Å²) in [6, 6.07) is 0. The zero-order valence-corrected chi connectivity index (χ0v) is 7.70. The van der Waals surface area contributed by atoms with Gasteiger partial charge in [0.05, 0.1) is 4.47 Å². The number of carbonyl (C=O) groups excluding carboxylic acids is 1. The fraction of sp³-hybridized carbons (Fsp3) is 0.167. The Morgan fingerprint density at radius 2 is 2.50 bits per heavy atom. The van der Waals surface area contributed by atoms with Crippen LogP contribution in [0.1, 0.15) is 17.5 Å². The number of ketones is 1. The lowest BCUT2D eigenvalue weighted by atomic mass is 10.3. The van der Waals surface area contributed by atoms with Crippen LogP contribution in [0.25, 0.3) is 10.4 Å². The zero-order valence-electron chi connectivity index (χ0n) is 6.11. The molecule has 0 unspecified atom stereocenters. The van der Waals surface area contributed by atoms with Crippen molar-refractivity contribution in [2.45, 2.75) is 6.92 Å². The van der Waals surface area contributed by atoms with Gasteiger partial charge in [-0.3, -0.25) is 4.79 Å². The van der Waals surface area contributed by atoms with Crippen molar-refractivity contribution >= 4 is 27.4 Å². The van der Waals surface area contributed by atoms with E-state index in [2.05, 4.69) is 26.0 Å². The maximum Gasteiger partial charge on any atom is 0.195 e. The van der Waals surface area contributed by atoms with E-state index in [-0.39, 0.29) is 17.2 Å². The number of rotatable bonds is 2. The van der Waals surface area contributed by atoms with Crippen molar-refractivity contribution < 1.29 is 9.21 Å². The maximum atomic E-state index is 10.9. The maximum absolute atomic E-state index is 10.9. The van der Waals surface area contributed by atoms with E-state index in [1.165, 1.54) is 13.2 Å². The van der Waals surface area contributed by atoms with Crippen LogP contribution in [0.5, 0.6) is 0 Å². The Bertz CT molecular complexity index is 365. The van der Waals surface area contributed by atoms with Gasteiger partial charge >= 0.3 is 0 Å². The number of carbonyl (C=O) groups is 1. The molecule has 0 aliphatic rings. The SMILES string of the molecule is CC(=O)c1occ(Br)c1N=[N+]=[N-]. The highest BCUT2D eigenvalue weighted by Gasteiger charge is 2.13. The van der Waals surface area contributed by atoms with Gasteiger partial charge < -0.3 is 4.42 Å². The standard InChI is InChI=1S/C6H4BrN3O2/c1-3(11)6-5(9-10-8)4(7)2-12-6/h2H,1H3. The van der Waals surface area contributed by atoms with Crippen molar-refractivity contribution in [1.82, 2.24) is 0 Å². The third kappa shape index (κ3) is 1.49. The highest BCUT2D eigenvalue weighted by Crippen LogP contribution is 2.31. The minimum Gasteiger partial charge on any atom is -0.460 e. The summed E-state index contributed by atoms with van der Waals surface area (Å²) in [6.45, 7) is 1.33. The Morgan fingerprint density at radius 3 is 3.00 bits per heavy atom. The molecule has 0 saturated carbocycles. The van der Waals surface area contributed by atoms with Crippen LogP contribution in [0.15, 0.2) is 20.3 Å². The van der Waals surface area contributed by atoms with E-state index >= 15 is 0 Å².